The maximum absolute atomic E-state index is 6.65. The monoisotopic (exact) mass is 899 g/mol. The maximum atomic E-state index is 6.65. The quantitative estimate of drug-likeness (QED) is 0.0556. The van der Waals surface area contributed by atoms with Gasteiger partial charge in [-0.25, -0.2) is 0 Å². The number of hydrogen-bond donors (Lipinski definition) is 0. The molecule has 0 heterocycles. The minimum Gasteiger partial charge on any atom is -0.377 e. The van der Waals surface area contributed by atoms with Crippen molar-refractivity contribution in [2.45, 2.75) is 174 Å². The van der Waals surface area contributed by atoms with Crippen LogP contribution >= 0.6 is 0 Å². The van der Waals surface area contributed by atoms with E-state index in [-0.39, 0.29) is 12.2 Å². The molecule has 0 saturated heterocycles. The average molecular weight is 900 g/mol. The molecule has 0 aromatic rings. The molecule has 0 rings (SSSR count). The van der Waals surface area contributed by atoms with Crippen molar-refractivity contribution < 1.29 is 23.7 Å². The van der Waals surface area contributed by atoms with Crippen LogP contribution in [0.2, 0.25) is 0 Å². The molecule has 0 bridgehead atoms. The van der Waals surface area contributed by atoms with E-state index in [1.807, 2.05) is 0 Å². The highest BCUT2D eigenvalue weighted by Gasteiger charge is 2.18. The summed E-state index contributed by atoms with van der Waals surface area (Å²) in [5.41, 5.74) is 0. The van der Waals surface area contributed by atoms with Crippen molar-refractivity contribution in [2.75, 3.05) is 131 Å². The fourth-order valence-electron chi connectivity index (χ4n) is 7.00. The summed E-state index contributed by atoms with van der Waals surface area (Å²) in [6.07, 6.45) is 9.45. The molecule has 0 spiro atoms. The van der Waals surface area contributed by atoms with Crippen LogP contribution in [-0.4, -0.2) is 163 Å². The number of hydrogen-bond acceptors (Lipinski definition) is 9. The Morgan fingerprint density at radius 2 is 0.429 bits per heavy atom. The van der Waals surface area contributed by atoms with Gasteiger partial charge in [-0.05, 0) is 151 Å². The van der Waals surface area contributed by atoms with E-state index in [1.54, 1.807) is 0 Å². The van der Waals surface area contributed by atoms with Crippen molar-refractivity contribution in [3.8, 4) is 0 Å². The van der Waals surface area contributed by atoms with Crippen molar-refractivity contribution in [1.29, 1.82) is 0 Å². The topological polar surface area (TPSA) is 59.1 Å². The number of ether oxygens (including phenoxy) is 5. The maximum Gasteiger partial charge on any atom is 0.104 e. The highest BCUT2D eigenvalue weighted by atomic mass is 16.6. The van der Waals surface area contributed by atoms with E-state index >= 15 is 0 Å². The minimum absolute atomic E-state index is 0.138. The van der Waals surface area contributed by atoms with Crippen molar-refractivity contribution in [3.05, 3.63) is 0 Å². The first-order chi connectivity index (χ1) is 29.9. The van der Waals surface area contributed by atoms with E-state index in [9.17, 15) is 0 Å². The molecule has 0 aliphatic heterocycles. The molecule has 9 nitrogen and oxygen atoms in total. The Kier molecular flexibility index (Phi) is 40.5. The van der Waals surface area contributed by atoms with E-state index in [0.29, 0.717) is 100 Å². The summed E-state index contributed by atoms with van der Waals surface area (Å²) in [6, 6.07) is 0. The SMILES string of the molecule is CC(C)CCN(CCOCC(COCC(COCCN(CCC(C)C)CCC(C)C)OCCN(CCC(C)C)CCC(C)C)OCCN(CCC(C)C)CCC(C)C)CCC(C)C. The molecular formula is C54H114N4O5. The fraction of sp³-hybridized carbons (Fsp3) is 1.00. The Morgan fingerprint density at radius 1 is 0.238 bits per heavy atom. The summed E-state index contributed by atoms with van der Waals surface area (Å²) in [4.78, 5) is 10.4. The first kappa shape index (κ1) is 62.6. The Bertz CT molecular complexity index is 843. The van der Waals surface area contributed by atoms with Crippen molar-refractivity contribution in [3.63, 3.8) is 0 Å². The Labute approximate surface area is 395 Å². The minimum atomic E-state index is -0.138. The molecule has 0 N–H and O–H groups in total. The highest BCUT2D eigenvalue weighted by Crippen LogP contribution is 2.12. The summed E-state index contributed by atoms with van der Waals surface area (Å²) in [5, 5.41) is 0. The zero-order chi connectivity index (χ0) is 47.4. The van der Waals surface area contributed by atoms with Crippen LogP contribution in [0.4, 0.5) is 0 Å². The number of rotatable bonds is 46. The van der Waals surface area contributed by atoms with Crippen LogP contribution in [0.15, 0.2) is 0 Å². The van der Waals surface area contributed by atoms with Gasteiger partial charge in [0.25, 0.3) is 0 Å². The van der Waals surface area contributed by atoms with Gasteiger partial charge in [0.15, 0.2) is 0 Å². The molecule has 380 valence electrons. The summed E-state index contributed by atoms with van der Waals surface area (Å²) in [7, 11) is 0. The molecule has 0 aliphatic rings. The molecule has 0 saturated carbocycles. The summed E-state index contributed by atoms with van der Waals surface area (Å²) < 4.78 is 32.7. The second-order valence-corrected chi connectivity index (χ2v) is 22.5. The van der Waals surface area contributed by atoms with Gasteiger partial charge in [-0.3, -0.25) is 0 Å². The Balaban J connectivity index is 5.86. The first-order valence-corrected chi connectivity index (χ1v) is 26.7. The van der Waals surface area contributed by atoms with Crippen LogP contribution in [0.1, 0.15) is 162 Å². The third-order valence-corrected chi connectivity index (χ3v) is 12.0. The van der Waals surface area contributed by atoms with E-state index in [0.717, 1.165) is 78.5 Å². The van der Waals surface area contributed by atoms with Crippen LogP contribution in [0.5, 0.6) is 0 Å². The number of nitrogens with zero attached hydrogens (tertiary/aromatic N) is 4. The lowest BCUT2D eigenvalue weighted by atomic mass is 10.1. The predicted octanol–water partition coefficient (Wildman–Crippen LogP) is 11.4. The van der Waals surface area contributed by atoms with Gasteiger partial charge in [0.2, 0.25) is 0 Å². The van der Waals surface area contributed by atoms with Crippen LogP contribution in [0.25, 0.3) is 0 Å². The van der Waals surface area contributed by atoms with Crippen LogP contribution in [-0.2, 0) is 23.7 Å². The molecule has 0 aliphatic carbocycles. The van der Waals surface area contributed by atoms with E-state index < -0.39 is 0 Å². The van der Waals surface area contributed by atoms with Gasteiger partial charge < -0.3 is 43.3 Å². The lowest BCUT2D eigenvalue weighted by molar-refractivity contribution is -0.0992. The molecule has 2 unspecified atom stereocenters. The van der Waals surface area contributed by atoms with Gasteiger partial charge in [0, 0.05) is 26.2 Å². The lowest BCUT2D eigenvalue weighted by Gasteiger charge is -2.27. The zero-order valence-corrected chi connectivity index (χ0v) is 45.4. The first-order valence-electron chi connectivity index (χ1n) is 26.7. The van der Waals surface area contributed by atoms with Gasteiger partial charge in [-0.2, -0.15) is 0 Å². The van der Waals surface area contributed by atoms with Gasteiger partial charge >= 0.3 is 0 Å². The molecule has 9 heteroatoms. The van der Waals surface area contributed by atoms with Gasteiger partial charge in [0.1, 0.15) is 12.2 Å². The Morgan fingerprint density at radius 3 is 0.635 bits per heavy atom. The van der Waals surface area contributed by atoms with Crippen molar-refractivity contribution in [1.82, 2.24) is 19.6 Å². The lowest BCUT2D eigenvalue weighted by Crippen LogP contribution is -2.37. The molecule has 0 radical (unpaired) electrons. The normalized spacial score (nSPS) is 13.9. The fourth-order valence-corrected chi connectivity index (χ4v) is 7.00. The van der Waals surface area contributed by atoms with E-state index in [4.69, 9.17) is 23.7 Å². The molecule has 2 atom stereocenters. The molecule has 0 amide bonds. The van der Waals surface area contributed by atoms with E-state index in [1.165, 1.54) is 51.4 Å². The second kappa shape index (κ2) is 40.7. The van der Waals surface area contributed by atoms with Gasteiger partial charge in [-0.1, -0.05) is 111 Å². The molecule has 0 aromatic carbocycles. The molecule has 0 fully saturated rings. The standard InChI is InChI=1S/C54H114N4O5/c1-45(2)17-25-55(26-18-46(3)4)33-37-59-41-53(62-39-35-57(29-21-49(9)10)30-22-50(11)12)43-61-44-54(63-40-36-58(31-23-51(13)14)32-24-52(15)16)42-60-38-34-56(27-19-47(5)6)28-20-48(7)8/h45-54H,17-44H2,1-16H3. The third-order valence-electron chi connectivity index (χ3n) is 12.0. The summed E-state index contributed by atoms with van der Waals surface area (Å²) in [5.74, 6) is 5.58. The molecular weight excluding hydrogens is 785 g/mol. The van der Waals surface area contributed by atoms with Crippen LogP contribution in [0, 0.1) is 47.3 Å². The zero-order valence-electron chi connectivity index (χ0n) is 45.4. The van der Waals surface area contributed by atoms with Gasteiger partial charge in [0.05, 0.1) is 52.9 Å². The van der Waals surface area contributed by atoms with E-state index in [2.05, 4.69) is 130 Å². The third kappa shape index (κ3) is 42.7. The Hall–Kier alpha value is -0.360. The average Bonchev–Trinajstić information content (AvgIpc) is 3.19. The molecule has 63 heavy (non-hydrogen) atoms. The van der Waals surface area contributed by atoms with Gasteiger partial charge in [-0.15, -0.1) is 0 Å². The van der Waals surface area contributed by atoms with Crippen molar-refractivity contribution >= 4 is 0 Å². The smallest absolute Gasteiger partial charge is 0.104 e. The highest BCUT2D eigenvalue weighted by molar-refractivity contribution is 4.68. The molecule has 0 aromatic heterocycles. The van der Waals surface area contributed by atoms with Crippen LogP contribution < -0.4 is 0 Å². The van der Waals surface area contributed by atoms with Crippen molar-refractivity contribution in [2.24, 2.45) is 47.3 Å². The largest absolute Gasteiger partial charge is 0.377 e. The summed E-state index contributed by atoms with van der Waals surface area (Å²) >= 11 is 0. The predicted molar refractivity (Wildman–Crippen MR) is 273 cm³/mol. The summed E-state index contributed by atoms with van der Waals surface area (Å²) in [6.45, 7) is 54.7. The van der Waals surface area contributed by atoms with Crippen LogP contribution in [0.3, 0.4) is 0 Å². The second-order valence-electron chi connectivity index (χ2n) is 22.5.